The van der Waals surface area contributed by atoms with E-state index in [1.165, 1.54) is 24.3 Å². The molecule has 0 aliphatic carbocycles. The van der Waals surface area contributed by atoms with Crippen LogP contribution < -0.4 is 10.6 Å². The van der Waals surface area contributed by atoms with Crippen molar-refractivity contribution in [1.82, 2.24) is 10.2 Å². The lowest BCUT2D eigenvalue weighted by Crippen LogP contribution is -2.15. The average Bonchev–Trinajstić information content (AvgIpc) is 2.70. The van der Waals surface area contributed by atoms with E-state index in [9.17, 15) is 14.0 Å². The van der Waals surface area contributed by atoms with Crippen molar-refractivity contribution in [1.29, 1.82) is 0 Å². The summed E-state index contributed by atoms with van der Waals surface area (Å²) in [6, 6.07) is 15.6. The van der Waals surface area contributed by atoms with Crippen molar-refractivity contribution < 1.29 is 18.7 Å². The van der Waals surface area contributed by atoms with Crippen molar-refractivity contribution in [3.63, 3.8) is 0 Å². The van der Waals surface area contributed by atoms with Crippen LogP contribution in [0.1, 0.15) is 27.6 Å². The first-order valence-corrected chi connectivity index (χ1v) is 8.51. The second-order valence-electron chi connectivity index (χ2n) is 5.63. The van der Waals surface area contributed by atoms with Crippen LogP contribution in [-0.4, -0.2) is 28.7 Å². The van der Waals surface area contributed by atoms with Gasteiger partial charge in [-0.3, -0.25) is 4.79 Å². The quantitative estimate of drug-likeness (QED) is 0.632. The Morgan fingerprint density at radius 3 is 2.25 bits per heavy atom. The summed E-state index contributed by atoms with van der Waals surface area (Å²) < 4.78 is 18.7. The van der Waals surface area contributed by atoms with Gasteiger partial charge in [-0.15, -0.1) is 10.2 Å². The molecule has 0 fully saturated rings. The molecule has 0 unspecified atom stereocenters. The molecule has 8 heteroatoms. The van der Waals surface area contributed by atoms with Gasteiger partial charge in [0.05, 0.1) is 23.4 Å². The minimum atomic E-state index is -0.624. The first-order chi connectivity index (χ1) is 13.6. The second-order valence-corrected chi connectivity index (χ2v) is 5.63. The first kappa shape index (κ1) is 19.0. The summed E-state index contributed by atoms with van der Waals surface area (Å²) in [5.41, 5.74) is 0.788. The number of hydrogen-bond acceptors (Lipinski definition) is 6. The van der Waals surface area contributed by atoms with Crippen molar-refractivity contribution in [2.75, 3.05) is 17.2 Å². The lowest BCUT2D eigenvalue weighted by Gasteiger charge is -2.10. The van der Waals surface area contributed by atoms with Crippen LogP contribution in [0.15, 0.2) is 60.7 Å². The smallest absolute Gasteiger partial charge is 0.340 e. The third-order valence-electron chi connectivity index (χ3n) is 3.71. The Bertz CT molecular complexity index is 993. The normalized spacial score (nSPS) is 10.2. The lowest BCUT2D eigenvalue weighted by atomic mass is 10.2. The molecule has 2 N–H and O–H groups in total. The standard InChI is InChI=1S/C20H17FN4O3/c1-2-28-20(27)14-8-4-6-10-16(14)22-17-11-12-18(25-24-17)23-19(26)13-7-3-5-9-15(13)21/h3-12H,2H2,1H3,(H,22,24)(H,23,25,26). The summed E-state index contributed by atoms with van der Waals surface area (Å²) in [4.78, 5) is 24.1. The maximum absolute atomic E-state index is 13.7. The van der Waals surface area contributed by atoms with E-state index in [1.807, 2.05) is 0 Å². The number of carbonyl (C=O) groups excluding carboxylic acids is 2. The van der Waals surface area contributed by atoms with Gasteiger partial charge in [0, 0.05) is 0 Å². The van der Waals surface area contributed by atoms with E-state index < -0.39 is 17.7 Å². The van der Waals surface area contributed by atoms with Crippen molar-refractivity contribution in [3.8, 4) is 0 Å². The highest BCUT2D eigenvalue weighted by atomic mass is 19.1. The molecule has 0 bridgehead atoms. The monoisotopic (exact) mass is 380 g/mol. The molecular formula is C20H17FN4O3. The van der Waals surface area contributed by atoms with Crippen LogP contribution in [0.25, 0.3) is 0 Å². The fourth-order valence-electron chi connectivity index (χ4n) is 2.41. The summed E-state index contributed by atoms with van der Waals surface area (Å²) in [6.07, 6.45) is 0. The maximum Gasteiger partial charge on any atom is 0.340 e. The molecule has 3 aromatic rings. The van der Waals surface area contributed by atoms with Crippen LogP contribution in [0.5, 0.6) is 0 Å². The van der Waals surface area contributed by atoms with Gasteiger partial charge < -0.3 is 15.4 Å². The van der Waals surface area contributed by atoms with Gasteiger partial charge in [-0.25, -0.2) is 9.18 Å². The van der Waals surface area contributed by atoms with Crippen LogP contribution in [-0.2, 0) is 4.74 Å². The van der Waals surface area contributed by atoms with Crippen molar-refractivity contribution in [3.05, 3.63) is 77.6 Å². The maximum atomic E-state index is 13.7. The highest BCUT2D eigenvalue weighted by Gasteiger charge is 2.14. The van der Waals surface area contributed by atoms with Crippen LogP contribution in [0, 0.1) is 5.82 Å². The predicted octanol–water partition coefficient (Wildman–Crippen LogP) is 3.79. The zero-order valence-corrected chi connectivity index (χ0v) is 15.0. The highest BCUT2D eigenvalue weighted by Crippen LogP contribution is 2.21. The molecule has 1 amide bonds. The number of nitrogens with zero attached hydrogens (tertiary/aromatic N) is 2. The molecule has 0 radical (unpaired) electrons. The third kappa shape index (κ3) is 4.47. The van der Waals surface area contributed by atoms with Crippen LogP contribution in [0.3, 0.4) is 0 Å². The Morgan fingerprint density at radius 2 is 1.57 bits per heavy atom. The van der Waals surface area contributed by atoms with Gasteiger partial charge >= 0.3 is 5.97 Å². The average molecular weight is 380 g/mol. The zero-order chi connectivity index (χ0) is 19.9. The second kappa shape index (κ2) is 8.72. The molecule has 2 aromatic carbocycles. The Hall–Kier alpha value is -3.81. The Kier molecular flexibility index (Phi) is 5.91. The molecule has 0 atom stereocenters. The SMILES string of the molecule is CCOC(=O)c1ccccc1Nc1ccc(NC(=O)c2ccccc2F)nn1. The summed E-state index contributed by atoms with van der Waals surface area (Å²) >= 11 is 0. The molecular weight excluding hydrogens is 363 g/mol. The molecule has 142 valence electrons. The summed E-state index contributed by atoms with van der Waals surface area (Å²) in [5, 5.41) is 13.3. The van der Waals surface area contributed by atoms with Crippen LogP contribution >= 0.6 is 0 Å². The van der Waals surface area contributed by atoms with E-state index >= 15 is 0 Å². The number of ether oxygens (including phenoxy) is 1. The van der Waals surface area contributed by atoms with E-state index in [2.05, 4.69) is 20.8 Å². The van der Waals surface area contributed by atoms with Gasteiger partial charge in [-0.2, -0.15) is 0 Å². The number of anilines is 3. The molecule has 7 nitrogen and oxygen atoms in total. The van der Waals surface area contributed by atoms with Crippen LogP contribution in [0.4, 0.5) is 21.7 Å². The molecule has 0 spiro atoms. The van der Waals surface area contributed by atoms with E-state index in [0.717, 1.165) is 0 Å². The zero-order valence-electron chi connectivity index (χ0n) is 15.0. The van der Waals surface area contributed by atoms with E-state index in [0.29, 0.717) is 17.1 Å². The molecule has 0 saturated carbocycles. The molecule has 3 rings (SSSR count). The van der Waals surface area contributed by atoms with E-state index in [-0.39, 0.29) is 18.0 Å². The Morgan fingerprint density at radius 1 is 0.929 bits per heavy atom. The number of nitrogens with one attached hydrogen (secondary N) is 2. The third-order valence-corrected chi connectivity index (χ3v) is 3.71. The van der Waals surface area contributed by atoms with Crippen molar-refractivity contribution in [2.24, 2.45) is 0 Å². The number of amides is 1. The summed E-state index contributed by atoms with van der Waals surface area (Å²) in [6.45, 7) is 2.00. The Labute approximate surface area is 160 Å². The van der Waals surface area contributed by atoms with Gasteiger partial charge in [-0.05, 0) is 43.3 Å². The molecule has 0 aliphatic heterocycles. The molecule has 1 aromatic heterocycles. The molecule has 28 heavy (non-hydrogen) atoms. The van der Waals surface area contributed by atoms with Gasteiger partial charge in [0.25, 0.3) is 5.91 Å². The molecule has 0 saturated heterocycles. The predicted molar refractivity (Wildman–Crippen MR) is 102 cm³/mol. The number of benzene rings is 2. The minimum absolute atomic E-state index is 0.0881. The highest BCUT2D eigenvalue weighted by molar-refractivity contribution is 6.04. The number of para-hydroxylation sites is 1. The number of carbonyl (C=O) groups is 2. The fraction of sp³-hybridized carbons (Fsp3) is 0.100. The summed E-state index contributed by atoms with van der Waals surface area (Å²) in [5.74, 6) is -1.17. The van der Waals surface area contributed by atoms with E-state index in [1.54, 1.807) is 43.3 Å². The topological polar surface area (TPSA) is 93.2 Å². The van der Waals surface area contributed by atoms with Gasteiger partial charge in [0.2, 0.25) is 0 Å². The van der Waals surface area contributed by atoms with Gasteiger partial charge in [-0.1, -0.05) is 24.3 Å². The number of hydrogen-bond donors (Lipinski definition) is 2. The minimum Gasteiger partial charge on any atom is -0.462 e. The van der Waals surface area contributed by atoms with Crippen molar-refractivity contribution in [2.45, 2.75) is 6.92 Å². The van der Waals surface area contributed by atoms with Gasteiger partial charge in [0.15, 0.2) is 11.6 Å². The molecule has 1 heterocycles. The fourth-order valence-corrected chi connectivity index (χ4v) is 2.41. The number of halogens is 1. The number of esters is 1. The summed E-state index contributed by atoms with van der Waals surface area (Å²) in [7, 11) is 0. The molecule has 0 aliphatic rings. The van der Waals surface area contributed by atoms with Crippen LogP contribution in [0.2, 0.25) is 0 Å². The first-order valence-electron chi connectivity index (χ1n) is 8.51. The van der Waals surface area contributed by atoms with Gasteiger partial charge in [0.1, 0.15) is 5.82 Å². The number of rotatable bonds is 6. The van der Waals surface area contributed by atoms with Crippen molar-refractivity contribution >= 4 is 29.2 Å². The Balaban J connectivity index is 1.71. The van der Waals surface area contributed by atoms with E-state index in [4.69, 9.17) is 4.74 Å². The lowest BCUT2D eigenvalue weighted by molar-refractivity contribution is 0.0527. The largest absolute Gasteiger partial charge is 0.462 e. The number of aromatic nitrogens is 2.